The lowest BCUT2D eigenvalue weighted by molar-refractivity contribution is -0.132. The molecule has 0 aromatic heterocycles. The van der Waals surface area contributed by atoms with Crippen molar-refractivity contribution < 1.29 is 24.5 Å². The van der Waals surface area contributed by atoms with Crippen molar-refractivity contribution in [1.29, 1.82) is 0 Å². The molecule has 0 bridgehead atoms. The van der Waals surface area contributed by atoms with E-state index in [9.17, 15) is 19.8 Å². The molecule has 0 fully saturated rings. The van der Waals surface area contributed by atoms with Gasteiger partial charge in [-0.25, -0.2) is 4.79 Å². The number of carbonyl (C=O) groups is 2. The van der Waals surface area contributed by atoms with Crippen LogP contribution in [-0.4, -0.2) is 22.1 Å². The number of phenols is 1. The second-order valence-electron chi connectivity index (χ2n) is 6.21. The van der Waals surface area contributed by atoms with Gasteiger partial charge < -0.3 is 20.3 Å². The van der Waals surface area contributed by atoms with Gasteiger partial charge in [-0.2, -0.15) is 0 Å². The lowest BCUT2D eigenvalue weighted by Gasteiger charge is -2.08. The van der Waals surface area contributed by atoms with E-state index in [-0.39, 0.29) is 18.1 Å². The van der Waals surface area contributed by atoms with Crippen LogP contribution in [-0.2, 0) is 11.4 Å². The van der Waals surface area contributed by atoms with Crippen LogP contribution in [0.15, 0.2) is 84.6 Å². The fourth-order valence-corrected chi connectivity index (χ4v) is 2.58. The van der Waals surface area contributed by atoms with Crippen LogP contribution in [0.1, 0.15) is 21.5 Å². The lowest BCUT2D eigenvalue weighted by atomic mass is 10.1. The minimum Gasteiger partial charge on any atom is -0.508 e. The van der Waals surface area contributed by atoms with E-state index < -0.39 is 11.9 Å². The van der Waals surface area contributed by atoms with Gasteiger partial charge in [0.15, 0.2) is 0 Å². The van der Waals surface area contributed by atoms with Crippen LogP contribution >= 0.6 is 0 Å². The molecule has 0 spiro atoms. The molecule has 3 rings (SSSR count). The number of hydrogen-bond acceptors (Lipinski definition) is 4. The summed E-state index contributed by atoms with van der Waals surface area (Å²) in [7, 11) is 0. The number of nitrogens with one attached hydrogen (secondary N) is 1. The summed E-state index contributed by atoms with van der Waals surface area (Å²) < 4.78 is 5.66. The highest BCUT2D eigenvalue weighted by Crippen LogP contribution is 2.17. The first kappa shape index (κ1) is 19.7. The summed E-state index contributed by atoms with van der Waals surface area (Å²) in [4.78, 5) is 23.7. The Morgan fingerprint density at radius 3 is 2.31 bits per heavy atom. The molecule has 0 saturated heterocycles. The molecule has 0 saturated carbocycles. The highest BCUT2D eigenvalue weighted by atomic mass is 16.5. The Kier molecular flexibility index (Phi) is 6.27. The quantitative estimate of drug-likeness (QED) is 0.534. The van der Waals surface area contributed by atoms with Gasteiger partial charge in [0, 0.05) is 5.56 Å². The number of phenolic OH excluding ortho intramolecular Hbond substituents is 1. The summed E-state index contributed by atoms with van der Waals surface area (Å²) in [5.74, 6) is -0.968. The first-order valence-corrected chi connectivity index (χ1v) is 8.83. The van der Waals surface area contributed by atoms with Gasteiger partial charge in [0.2, 0.25) is 0 Å². The lowest BCUT2D eigenvalue weighted by Crippen LogP contribution is -2.27. The Labute approximate surface area is 167 Å². The van der Waals surface area contributed by atoms with Gasteiger partial charge in [-0.1, -0.05) is 42.5 Å². The Bertz CT molecular complexity index is 1030. The predicted octanol–water partition coefficient (Wildman–Crippen LogP) is 3.83. The number of aromatic hydroxyl groups is 1. The maximum atomic E-state index is 12.2. The van der Waals surface area contributed by atoms with Crippen molar-refractivity contribution in [3.05, 3.63) is 101 Å². The zero-order valence-electron chi connectivity index (χ0n) is 15.4. The Balaban J connectivity index is 1.67. The first-order chi connectivity index (χ1) is 14.0. The third-order valence-electron chi connectivity index (χ3n) is 4.02. The monoisotopic (exact) mass is 389 g/mol. The zero-order valence-corrected chi connectivity index (χ0v) is 15.4. The van der Waals surface area contributed by atoms with Crippen molar-refractivity contribution in [1.82, 2.24) is 5.32 Å². The standard InChI is InChI=1S/C23H19NO5/c25-19-8-4-5-17(13-19)15-29-20-11-9-16(10-12-20)14-21(23(27)28)24-22(26)18-6-2-1-3-7-18/h1-14,25H,15H2,(H,24,26)(H,27,28). The van der Waals surface area contributed by atoms with E-state index >= 15 is 0 Å². The molecule has 0 radical (unpaired) electrons. The molecule has 3 aromatic carbocycles. The van der Waals surface area contributed by atoms with Gasteiger partial charge in [-0.15, -0.1) is 0 Å². The molecule has 3 N–H and O–H groups in total. The number of benzene rings is 3. The number of rotatable bonds is 7. The number of ether oxygens (including phenoxy) is 1. The molecule has 0 atom stereocenters. The fourth-order valence-electron chi connectivity index (χ4n) is 2.58. The minimum absolute atomic E-state index is 0.172. The van der Waals surface area contributed by atoms with E-state index in [0.29, 0.717) is 16.9 Å². The molecule has 0 unspecified atom stereocenters. The van der Waals surface area contributed by atoms with Crippen LogP contribution in [0.25, 0.3) is 6.08 Å². The second kappa shape index (κ2) is 9.23. The smallest absolute Gasteiger partial charge is 0.352 e. The molecule has 6 nitrogen and oxygen atoms in total. The second-order valence-corrected chi connectivity index (χ2v) is 6.21. The van der Waals surface area contributed by atoms with Gasteiger partial charge in [0.25, 0.3) is 5.91 Å². The fraction of sp³-hybridized carbons (Fsp3) is 0.0435. The number of carbonyl (C=O) groups excluding carboxylic acids is 1. The van der Waals surface area contributed by atoms with Gasteiger partial charge in [0.1, 0.15) is 23.8 Å². The summed E-state index contributed by atoms with van der Waals surface area (Å²) in [6, 6.07) is 21.9. The van der Waals surface area contributed by atoms with Gasteiger partial charge in [-0.3, -0.25) is 4.79 Å². The van der Waals surface area contributed by atoms with E-state index in [1.54, 1.807) is 72.8 Å². The largest absolute Gasteiger partial charge is 0.508 e. The van der Waals surface area contributed by atoms with Crippen molar-refractivity contribution >= 4 is 18.0 Å². The maximum Gasteiger partial charge on any atom is 0.352 e. The van der Waals surface area contributed by atoms with Crippen molar-refractivity contribution in [2.45, 2.75) is 6.61 Å². The number of hydrogen-bond donors (Lipinski definition) is 3. The molecule has 1 amide bonds. The van der Waals surface area contributed by atoms with Gasteiger partial charge >= 0.3 is 5.97 Å². The van der Waals surface area contributed by atoms with E-state index in [2.05, 4.69) is 5.32 Å². The normalized spacial score (nSPS) is 11.0. The summed E-state index contributed by atoms with van der Waals surface area (Å²) in [6.07, 6.45) is 1.38. The summed E-state index contributed by atoms with van der Waals surface area (Å²) in [5, 5.41) is 21.3. The average molecular weight is 389 g/mol. The SMILES string of the molecule is O=C(O)C(=Cc1ccc(OCc2cccc(O)c2)cc1)NC(=O)c1ccccc1. The van der Waals surface area contributed by atoms with Gasteiger partial charge in [-0.05, 0) is 53.6 Å². The van der Waals surface area contributed by atoms with Crippen molar-refractivity contribution in [3.63, 3.8) is 0 Å². The number of carboxylic acids is 1. The highest BCUT2D eigenvalue weighted by Gasteiger charge is 2.13. The van der Waals surface area contributed by atoms with Crippen LogP contribution < -0.4 is 10.1 Å². The average Bonchev–Trinajstić information content (AvgIpc) is 2.73. The van der Waals surface area contributed by atoms with Crippen molar-refractivity contribution in [3.8, 4) is 11.5 Å². The number of amides is 1. The van der Waals surface area contributed by atoms with Crippen LogP contribution in [0.5, 0.6) is 11.5 Å². The van der Waals surface area contributed by atoms with Crippen LogP contribution in [0.3, 0.4) is 0 Å². The Hall–Kier alpha value is -4.06. The minimum atomic E-state index is -1.24. The molecular formula is C23H19NO5. The molecule has 146 valence electrons. The molecule has 0 heterocycles. The summed E-state index contributed by atoms with van der Waals surface area (Å²) >= 11 is 0. The molecular weight excluding hydrogens is 370 g/mol. The molecule has 0 aliphatic rings. The Morgan fingerprint density at radius 2 is 1.66 bits per heavy atom. The third kappa shape index (κ3) is 5.71. The number of aliphatic carboxylic acids is 1. The number of carboxylic acid groups (broad SMARTS) is 1. The highest BCUT2D eigenvalue weighted by molar-refractivity contribution is 6.02. The molecule has 6 heteroatoms. The summed E-state index contributed by atoms with van der Waals surface area (Å²) in [5.41, 5.74) is 1.56. The van der Waals surface area contributed by atoms with E-state index in [4.69, 9.17) is 4.74 Å². The van der Waals surface area contributed by atoms with E-state index in [1.807, 2.05) is 6.07 Å². The van der Waals surface area contributed by atoms with Crippen LogP contribution in [0, 0.1) is 0 Å². The predicted molar refractivity (Wildman–Crippen MR) is 108 cm³/mol. The maximum absolute atomic E-state index is 12.2. The van der Waals surface area contributed by atoms with Gasteiger partial charge in [0.05, 0.1) is 0 Å². The topological polar surface area (TPSA) is 95.9 Å². The van der Waals surface area contributed by atoms with E-state index in [0.717, 1.165) is 5.56 Å². The Morgan fingerprint density at radius 1 is 0.931 bits per heavy atom. The summed E-state index contributed by atoms with van der Waals surface area (Å²) in [6.45, 7) is 0.289. The first-order valence-electron chi connectivity index (χ1n) is 8.83. The molecule has 3 aromatic rings. The zero-order chi connectivity index (χ0) is 20.6. The van der Waals surface area contributed by atoms with Crippen molar-refractivity contribution in [2.75, 3.05) is 0 Å². The van der Waals surface area contributed by atoms with Crippen molar-refractivity contribution in [2.24, 2.45) is 0 Å². The molecule has 29 heavy (non-hydrogen) atoms. The molecule has 0 aliphatic heterocycles. The van der Waals surface area contributed by atoms with Crippen LogP contribution in [0.4, 0.5) is 0 Å². The molecule has 0 aliphatic carbocycles. The third-order valence-corrected chi connectivity index (χ3v) is 4.02. The van der Waals surface area contributed by atoms with Crippen LogP contribution in [0.2, 0.25) is 0 Å². The van der Waals surface area contributed by atoms with E-state index in [1.165, 1.54) is 6.08 Å².